The summed E-state index contributed by atoms with van der Waals surface area (Å²) in [5.41, 5.74) is 2.30. The Hall–Kier alpha value is -1.10. The summed E-state index contributed by atoms with van der Waals surface area (Å²) in [6.45, 7) is 9.06. The molecular formula is C13H24N4S. The SMILES string of the molecule is CCCCNC(=S)NCCCn1nc(C)cc1C. The van der Waals surface area contributed by atoms with Gasteiger partial charge in [-0.1, -0.05) is 13.3 Å². The second-order valence-electron chi connectivity index (χ2n) is 4.54. The van der Waals surface area contributed by atoms with E-state index in [9.17, 15) is 0 Å². The molecule has 0 aliphatic carbocycles. The van der Waals surface area contributed by atoms with Crippen LogP contribution >= 0.6 is 12.2 Å². The van der Waals surface area contributed by atoms with Crippen LogP contribution in [-0.2, 0) is 6.54 Å². The van der Waals surface area contributed by atoms with E-state index < -0.39 is 0 Å². The largest absolute Gasteiger partial charge is 0.363 e. The van der Waals surface area contributed by atoms with Gasteiger partial charge in [-0.3, -0.25) is 4.68 Å². The molecule has 0 saturated carbocycles. The maximum Gasteiger partial charge on any atom is 0.166 e. The molecule has 0 radical (unpaired) electrons. The minimum Gasteiger partial charge on any atom is -0.363 e. The molecule has 102 valence electrons. The summed E-state index contributed by atoms with van der Waals surface area (Å²) in [5.74, 6) is 0. The maximum absolute atomic E-state index is 5.18. The lowest BCUT2D eigenvalue weighted by molar-refractivity contribution is 0.556. The first kappa shape index (κ1) is 15.0. The molecule has 1 heterocycles. The summed E-state index contributed by atoms with van der Waals surface area (Å²) in [7, 11) is 0. The molecule has 0 atom stereocenters. The zero-order valence-corrected chi connectivity index (χ0v) is 12.4. The molecule has 1 aromatic heterocycles. The van der Waals surface area contributed by atoms with Crippen LogP contribution in [0.3, 0.4) is 0 Å². The first-order chi connectivity index (χ1) is 8.63. The number of rotatable bonds is 7. The van der Waals surface area contributed by atoms with Gasteiger partial charge in [0, 0.05) is 25.3 Å². The standard InChI is InChI=1S/C13H24N4S/c1-4-5-7-14-13(18)15-8-6-9-17-12(3)10-11(2)16-17/h10H,4-9H2,1-3H3,(H2,14,15,18). The van der Waals surface area contributed by atoms with Crippen molar-refractivity contribution < 1.29 is 0 Å². The molecular weight excluding hydrogens is 244 g/mol. The van der Waals surface area contributed by atoms with Crippen molar-refractivity contribution in [1.82, 2.24) is 20.4 Å². The van der Waals surface area contributed by atoms with Gasteiger partial charge in [0.2, 0.25) is 0 Å². The molecule has 18 heavy (non-hydrogen) atoms. The van der Waals surface area contributed by atoms with E-state index in [0.29, 0.717) is 0 Å². The van der Waals surface area contributed by atoms with Crippen LogP contribution in [0.15, 0.2) is 6.07 Å². The number of unbranched alkanes of at least 4 members (excludes halogenated alkanes) is 1. The van der Waals surface area contributed by atoms with Crippen molar-refractivity contribution in [2.24, 2.45) is 0 Å². The first-order valence-electron chi connectivity index (χ1n) is 6.66. The molecule has 0 bridgehead atoms. The van der Waals surface area contributed by atoms with E-state index in [1.807, 2.05) is 11.6 Å². The quantitative estimate of drug-likeness (QED) is 0.587. The molecule has 4 nitrogen and oxygen atoms in total. The fraction of sp³-hybridized carbons (Fsp3) is 0.692. The molecule has 2 N–H and O–H groups in total. The lowest BCUT2D eigenvalue weighted by Crippen LogP contribution is -2.36. The van der Waals surface area contributed by atoms with Crippen molar-refractivity contribution in [2.75, 3.05) is 13.1 Å². The molecule has 0 aliphatic rings. The zero-order valence-electron chi connectivity index (χ0n) is 11.6. The zero-order chi connectivity index (χ0) is 13.4. The van der Waals surface area contributed by atoms with E-state index in [1.165, 1.54) is 12.1 Å². The highest BCUT2D eigenvalue weighted by Gasteiger charge is 2.00. The highest BCUT2D eigenvalue weighted by Crippen LogP contribution is 2.02. The Balaban J connectivity index is 2.11. The van der Waals surface area contributed by atoms with Crippen LogP contribution in [0, 0.1) is 13.8 Å². The van der Waals surface area contributed by atoms with E-state index in [-0.39, 0.29) is 0 Å². The van der Waals surface area contributed by atoms with Crippen LogP contribution in [0.5, 0.6) is 0 Å². The van der Waals surface area contributed by atoms with Gasteiger partial charge in [0.05, 0.1) is 5.69 Å². The van der Waals surface area contributed by atoms with Crippen LogP contribution in [0.2, 0.25) is 0 Å². The number of aryl methyl sites for hydroxylation is 3. The second-order valence-corrected chi connectivity index (χ2v) is 4.95. The summed E-state index contributed by atoms with van der Waals surface area (Å²) in [6, 6.07) is 2.10. The van der Waals surface area contributed by atoms with Gasteiger partial charge >= 0.3 is 0 Å². The predicted molar refractivity (Wildman–Crippen MR) is 79.8 cm³/mol. The fourth-order valence-corrected chi connectivity index (χ4v) is 1.98. The Morgan fingerprint density at radius 2 is 1.94 bits per heavy atom. The Kier molecular flexibility index (Phi) is 6.72. The van der Waals surface area contributed by atoms with E-state index >= 15 is 0 Å². The van der Waals surface area contributed by atoms with Crippen molar-refractivity contribution in [1.29, 1.82) is 0 Å². The predicted octanol–water partition coefficient (Wildman–Crippen LogP) is 2.15. The van der Waals surface area contributed by atoms with Gasteiger partial charge in [0.1, 0.15) is 0 Å². The summed E-state index contributed by atoms with van der Waals surface area (Å²) < 4.78 is 2.05. The first-order valence-corrected chi connectivity index (χ1v) is 7.07. The minimum atomic E-state index is 0.761. The lowest BCUT2D eigenvalue weighted by atomic mass is 10.3. The third-order valence-electron chi connectivity index (χ3n) is 2.75. The van der Waals surface area contributed by atoms with Crippen molar-refractivity contribution in [3.8, 4) is 0 Å². The number of aromatic nitrogens is 2. The van der Waals surface area contributed by atoms with Gasteiger partial charge in [-0.05, 0) is 45.0 Å². The summed E-state index contributed by atoms with van der Waals surface area (Å²) in [5, 5.41) is 11.6. The monoisotopic (exact) mass is 268 g/mol. The van der Waals surface area contributed by atoms with Gasteiger partial charge < -0.3 is 10.6 Å². The molecule has 1 rings (SSSR count). The molecule has 0 aliphatic heterocycles. The minimum absolute atomic E-state index is 0.761. The third-order valence-corrected chi connectivity index (χ3v) is 3.04. The van der Waals surface area contributed by atoms with Crippen molar-refractivity contribution >= 4 is 17.3 Å². The summed E-state index contributed by atoms with van der Waals surface area (Å²) >= 11 is 5.18. The Morgan fingerprint density at radius 3 is 2.50 bits per heavy atom. The Labute approximate surface area is 115 Å². The van der Waals surface area contributed by atoms with Gasteiger partial charge in [-0.15, -0.1) is 0 Å². The smallest absolute Gasteiger partial charge is 0.166 e. The number of thiocarbonyl (C=S) groups is 1. The van der Waals surface area contributed by atoms with Crippen LogP contribution in [-0.4, -0.2) is 28.0 Å². The van der Waals surface area contributed by atoms with Crippen LogP contribution < -0.4 is 10.6 Å². The van der Waals surface area contributed by atoms with Crippen molar-refractivity contribution in [3.05, 3.63) is 17.5 Å². The van der Waals surface area contributed by atoms with Gasteiger partial charge in [0.25, 0.3) is 0 Å². The summed E-state index contributed by atoms with van der Waals surface area (Å²) in [6.07, 6.45) is 3.37. The Morgan fingerprint density at radius 1 is 1.28 bits per heavy atom. The maximum atomic E-state index is 5.18. The van der Waals surface area contributed by atoms with Crippen LogP contribution in [0.1, 0.15) is 37.6 Å². The highest BCUT2D eigenvalue weighted by molar-refractivity contribution is 7.80. The molecule has 0 unspecified atom stereocenters. The molecule has 0 fully saturated rings. The molecule has 0 amide bonds. The van der Waals surface area contributed by atoms with Crippen LogP contribution in [0.4, 0.5) is 0 Å². The van der Waals surface area contributed by atoms with E-state index in [1.54, 1.807) is 0 Å². The van der Waals surface area contributed by atoms with Gasteiger partial charge in [-0.25, -0.2) is 0 Å². The Bertz CT molecular complexity index is 373. The normalized spacial score (nSPS) is 10.4. The topological polar surface area (TPSA) is 41.9 Å². The van der Waals surface area contributed by atoms with E-state index in [4.69, 9.17) is 12.2 Å². The number of hydrogen-bond acceptors (Lipinski definition) is 2. The van der Waals surface area contributed by atoms with Gasteiger partial charge in [0.15, 0.2) is 5.11 Å². The van der Waals surface area contributed by atoms with Gasteiger partial charge in [-0.2, -0.15) is 5.10 Å². The van der Waals surface area contributed by atoms with Crippen molar-refractivity contribution in [2.45, 2.75) is 46.6 Å². The lowest BCUT2D eigenvalue weighted by Gasteiger charge is -2.10. The average Bonchev–Trinajstić information content (AvgIpc) is 2.64. The van der Waals surface area contributed by atoms with Crippen molar-refractivity contribution in [3.63, 3.8) is 0 Å². The molecule has 0 spiro atoms. The van der Waals surface area contributed by atoms with E-state index in [2.05, 4.69) is 35.6 Å². The molecule has 0 saturated heterocycles. The molecule has 1 aromatic rings. The second kappa shape index (κ2) is 8.08. The average molecular weight is 268 g/mol. The summed E-state index contributed by atoms with van der Waals surface area (Å²) in [4.78, 5) is 0. The molecule has 0 aromatic carbocycles. The molecule has 5 heteroatoms. The number of nitrogens with zero attached hydrogens (tertiary/aromatic N) is 2. The van der Waals surface area contributed by atoms with E-state index in [0.717, 1.165) is 43.3 Å². The highest BCUT2D eigenvalue weighted by atomic mass is 32.1. The van der Waals surface area contributed by atoms with Crippen LogP contribution in [0.25, 0.3) is 0 Å². The third kappa shape index (κ3) is 5.49. The fourth-order valence-electron chi connectivity index (χ4n) is 1.77. The number of hydrogen-bond donors (Lipinski definition) is 2. The number of nitrogens with one attached hydrogen (secondary N) is 2.